The Labute approximate surface area is 181 Å². The maximum absolute atomic E-state index is 13.7. The Morgan fingerprint density at radius 1 is 1.06 bits per heavy atom. The number of allylic oxidation sites excluding steroid dienone is 3. The highest BCUT2D eigenvalue weighted by Gasteiger charge is 2.56. The van der Waals surface area contributed by atoms with Crippen molar-refractivity contribution in [1.29, 1.82) is 0 Å². The zero-order valence-corrected chi connectivity index (χ0v) is 18.4. The van der Waals surface area contributed by atoms with Gasteiger partial charge in [-0.05, 0) is 30.0 Å². The third-order valence-electron chi connectivity index (χ3n) is 5.55. The molecule has 0 saturated heterocycles. The Morgan fingerprint density at radius 3 is 2.35 bits per heavy atom. The highest BCUT2D eigenvalue weighted by molar-refractivity contribution is 6.23. The molecule has 7 nitrogen and oxygen atoms in total. The molecule has 0 radical (unpaired) electrons. The Balaban J connectivity index is 2.27. The molecule has 0 heterocycles. The van der Waals surface area contributed by atoms with E-state index in [0.29, 0.717) is 29.7 Å². The van der Waals surface area contributed by atoms with Crippen LogP contribution in [0.4, 0.5) is 0 Å². The molecular weight excluding hydrogens is 400 g/mol. The molecule has 0 aliphatic heterocycles. The van der Waals surface area contributed by atoms with Gasteiger partial charge < -0.3 is 14.2 Å². The molecule has 1 unspecified atom stereocenters. The number of hydrogen-bond acceptors (Lipinski definition) is 7. The molecule has 3 rings (SSSR count). The fraction of sp³-hybridized carbons (Fsp3) is 0.417. The average Bonchev–Trinajstić information content (AvgIpc) is 2.70. The molecule has 2 aliphatic carbocycles. The van der Waals surface area contributed by atoms with Crippen LogP contribution in [0.5, 0.6) is 5.75 Å². The van der Waals surface area contributed by atoms with Crippen molar-refractivity contribution in [2.75, 3.05) is 7.11 Å². The Kier molecular flexibility index (Phi) is 6.15. The van der Waals surface area contributed by atoms with Gasteiger partial charge in [0.15, 0.2) is 5.78 Å². The minimum Gasteiger partial charge on any atom is -0.501 e. The molecule has 0 amide bonds. The van der Waals surface area contributed by atoms with Gasteiger partial charge in [0.25, 0.3) is 5.60 Å². The summed E-state index contributed by atoms with van der Waals surface area (Å²) in [6.07, 6.45) is 2.64. The number of Topliss-reactive ketones (excluding diaryl/α,β-unsaturated/α-hetero) is 2. The van der Waals surface area contributed by atoms with E-state index in [-0.39, 0.29) is 23.7 Å². The summed E-state index contributed by atoms with van der Waals surface area (Å²) in [7, 11) is 1.51. The third kappa shape index (κ3) is 4.04. The lowest BCUT2D eigenvalue weighted by molar-refractivity contribution is -0.172. The van der Waals surface area contributed by atoms with E-state index in [2.05, 4.69) is 0 Å². The van der Waals surface area contributed by atoms with E-state index < -0.39 is 29.1 Å². The van der Waals surface area contributed by atoms with E-state index >= 15 is 0 Å². The predicted molar refractivity (Wildman–Crippen MR) is 111 cm³/mol. The zero-order valence-electron chi connectivity index (χ0n) is 18.4. The molecule has 1 aromatic carbocycles. The zero-order chi connectivity index (χ0) is 22.9. The largest absolute Gasteiger partial charge is 0.501 e. The lowest BCUT2D eigenvalue weighted by Crippen LogP contribution is -2.51. The van der Waals surface area contributed by atoms with Crippen LogP contribution in [-0.2, 0) is 34.3 Å². The first-order chi connectivity index (χ1) is 14.6. The van der Waals surface area contributed by atoms with E-state index in [1.807, 2.05) is 13.8 Å². The summed E-state index contributed by atoms with van der Waals surface area (Å²) in [5.41, 5.74) is -0.357. The molecule has 1 atom stereocenters. The number of ketones is 2. The fourth-order valence-corrected chi connectivity index (χ4v) is 4.02. The number of hydrogen-bond donors (Lipinski definition) is 0. The lowest BCUT2D eigenvalue weighted by Gasteiger charge is -2.37. The van der Waals surface area contributed by atoms with E-state index in [4.69, 9.17) is 14.2 Å². The maximum atomic E-state index is 13.7. The van der Waals surface area contributed by atoms with Crippen molar-refractivity contribution in [3.8, 4) is 5.75 Å². The highest BCUT2D eigenvalue weighted by Crippen LogP contribution is 2.45. The van der Waals surface area contributed by atoms with Crippen molar-refractivity contribution in [2.24, 2.45) is 0 Å². The number of carbonyl (C=O) groups is 4. The van der Waals surface area contributed by atoms with Gasteiger partial charge >= 0.3 is 11.9 Å². The van der Waals surface area contributed by atoms with Gasteiger partial charge in [0.05, 0.1) is 18.4 Å². The van der Waals surface area contributed by atoms with Crippen LogP contribution in [0.25, 0.3) is 0 Å². The molecule has 0 spiro atoms. The van der Waals surface area contributed by atoms with E-state index in [0.717, 1.165) is 12.5 Å². The molecule has 2 aliphatic rings. The van der Waals surface area contributed by atoms with Gasteiger partial charge in [-0.25, -0.2) is 0 Å². The van der Waals surface area contributed by atoms with E-state index in [1.54, 1.807) is 18.2 Å². The summed E-state index contributed by atoms with van der Waals surface area (Å²) in [5, 5.41) is 0. The first-order valence-corrected chi connectivity index (χ1v) is 10.2. The molecule has 0 fully saturated rings. The van der Waals surface area contributed by atoms with Gasteiger partial charge in [-0.15, -0.1) is 0 Å². The number of carbonyl (C=O) groups excluding carboxylic acids is 4. The van der Waals surface area contributed by atoms with Crippen LogP contribution in [0, 0.1) is 0 Å². The van der Waals surface area contributed by atoms with Crippen molar-refractivity contribution in [3.05, 3.63) is 52.3 Å². The van der Waals surface area contributed by atoms with E-state index in [9.17, 15) is 19.2 Å². The number of benzene rings is 1. The molecule has 0 N–H and O–H groups in total. The van der Waals surface area contributed by atoms with Gasteiger partial charge in [-0.1, -0.05) is 31.6 Å². The summed E-state index contributed by atoms with van der Waals surface area (Å²) in [5.74, 6) is -1.90. The van der Waals surface area contributed by atoms with Crippen LogP contribution in [-0.4, -0.2) is 30.6 Å². The minimum absolute atomic E-state index is 0.0254. The molecule has 1 aromatic rings. The molecule has 7 heteroatoms. The standard InChI is InChI=1S/C24H26O7/c1-13(2)16-7-9-20(21(10-16)30-14(3)25)24(31-15(4)26)22(27)11-17-6-8-18(29-5)12-19(17)23(24)28/h7,9-10,12-13H,6,8,11H2,1-5H3. The van der Waals surface area contributed by atoms with Crippen molar-refractivity contribution in [2.45, 2.75) is 58.5 Å². The normalized spacial score (nSPS) is 20.9. The number of methoxy groups -OCH3 is 1. The minimum atomic E-state index is -2.22. The number of rotatable bonds is 5. The summed E-state index contributed by atoms with van der Waals surface area (Å²) < 4.78 is 16.2. The van der Waals surface area contributed by atoms with Gasteiger partial charge in [0.2, 0.25) is 5.78 Å². The first kappa shape index (κ1) is 22.5. The topological polar surface area (TPSA) is 96.0 Å². The molecular formula is C24H26O7. The SMILES string of the molecule is COC1=CC2=C(CC1)CC(=O)C(OC(C)=O)(c1ccc(C(C)C)cc1OC(C)=O)C2=O. The van der Waals surface area contributed by atoms with Gasteiger partial charge in [0, 0.05) is 32.3 Å². The molecule has 0 bridgehead atoms. The summed E-state index contributed by atoms with van der Waals surface area (Å²) in [6, 6.07) is 4.87. The predicted octanol–water partition coefficient (Wildman–Crippen LogP) is 3.66. The van der Waals surface area contributed by atoms with Crippen LogP contribution in [0.2, 0.25) is 0 Å². The summed E-state index contributed by atoms with van der Waals surface area (Å²) in [4.78, 5) is 51.0. The van der Waals surface area contributed by atoms with Crippen LogP contribution < -0.4 is 4.74 Å². The lowest BCUT2D eigenvalue weighted by atomic mass is 9.71. The molecule has 0 saturated carbocycles. The fourth-order valence-electron chi connectivity index (χ4n) is 4.02. The summed E-state index contributed by atoms with van der Waals surface area (Å²) in [6.45, 7) is 6.28. The van der Waals surface area contributed by atoms with Crippen LogP contribution in [0.3, 0.4) is 0 Å². The molecule has 31 heavy (non-hydrogen) atoms. The van der Waals surface area contributed by atoms with Gasteiger partial charge in [0.1, 0.15) is 5.75 Å². The molecule has 0 aromatic heterocycles. The Hall–Kier alpha value is -3.22. The van der Waals surface area contributed by atoms with Crippen LogP contribution in [0.1, 0.15) is 64.0 Å². The van der Waals surface area contributed by atoms with Crippen molar-refractivity contribution in [3.63, 3.8) is 0 Å². The van der Waals surface area contributed by atoms with Crippen LogP contribution in [0.15, 0.2) is 41.2 Å². The van der Waals surface area contributed by atoms with Crippen molar-refractivity contribution >= 4 is 23.5 Å². The number of esters is 2. The second kappa shape index (κ2) is 8.49. The average molecular weight is 426 g/mol. The Bertz CT molecular complexity index is 1030. The van der Waals surface area contributed by atoms with Crippen molar-refractivity contribution < 1.29 is 33.4 Å². The maximum Gasteiger partial charge on any atom is 0.308 e. The molecule has 164 valence electrons. The third-order valence-corrected chi connectivity index (χ3v) is 5.55. The highest BCUT2D eigenvalue weighted by atomic mass is 16.6. The van der Waals surface area contributed by atoms with Crippen LogP contribution >= 0.6 is 0 Å². The van der Waals surface area contributed by atoms with Crippen molar-refractivity contribution in [1.82, 2.24) is 0 Å². The van der Waals surface area contributed by atoms with Gasteiger partial charge in [-0.3, -0.25) is 19.2 Å². The summed E-state index contributed by atoms with van der Waals surface area (Å²) >= 11 is 0. The second-order valence-corrected chi connectivity index (χ2v) is 8.04. The smallest absolute Gasteiger partial charge is 0.308 e. The first-order valence-electron chi connectivity index (χ1n) is 10.2. The van der Waals surface area contributed by atoms with Gasteiger partial charge in [-0.2, -0.15) is 0 Å². The monoisotopic (exact) mass is 426 g/mol. The number of ether oxygens (including phenoxy) is 3. The second-order valence-electron chi connectivity index (χ2n) is 8.04. The van der Waals surface area contributed by atoms with E-state index in [1.165, 1.54) is 20.1 Å². The Morgan fingerprint density at radius 2 is 1.77 bits per heavy atom. The quantitative estimate of drug-likeness (QED) is 0.403.